The van der Waals surface area contributed by atoms with Gasteiger partial charge in [-0.3, -0.25) is 0 Å². The Morgan fingerprint density at radius 1 is 1.40 bits per heavy atom. The number of halogens is 1. The molecule has 4 heteroatoms. The van der Waals surface area contributed by atoms with Crippen LogP contribution in [0, 0.1) is 0 Å². The summed E-state index contributed by atoms with van der Waals surface area (Å²) in [6.07, 6.45) is 0. The van der Waals surface area contributed by atoms with Gasteiger partial charge in [0, 0.05) is 4.43 Å². The number of hydrogen-bond acceptors (Lipinski definition) is 3. The van der Waals surface area contributed by atoms with Crippen LogP contribution in [0.3, 0.4) is 0 Å². The molecule has 3 nitrogen and oxygen atoms in total. The van der Waals surface area contributed by atoms with E-state index in [1.807, 2.05) is 6.07 Å². The third-order valence-electron chi connectivity index (χ3n) is 2.04. The minimum Gasteiger partial charge on any atom is -0.507 e. The molecule has 0 aliphatic heterocycles. The van der Waals surface area contributed by atoms with Crippen molar-refractivity contribution >= 4 is 36.2 Å². The highest BCUT2D eigenvalue weighted by Crippen LogP contribution is 2.24. The summed E-state index contributed by atoms with van der Waals surface area (Å²) in [5, 5.41) is 10.1. The van der Waals surface area contributed by atoms with Crippen LogP contribution in [0.25, 0.3) is 11.0 Å². The average Bonchev–Trinajstić information content (AvgIpc) is 2.17. The van der Waals surface area contributed by atoms with E-state index in [1.54, 1.807) is 12.1 Å². The van der Waals surface area contributed by atoms with Crippen molar-refractivity contribution in [1.82, 2.24) is 0 Å². The number of benzene rings is 1. The summed E-state index contributed by atoms with van der Waals surface area (Å²) < 4.78 is 9.81. The second-order valence-electron chi connectivity index (χ2n) is 3.10. The molecule has 0 fully saturated rings. The smallest absolute Gasteiger partial charge is 0.339 e. The van der Waals surface area contributed by atoms with Crippen molar-refractivity contribution in [2.75, 3.05) is 0 Å². The topological polar surface area (TPSA) is 50.4 Å². The van der Waals surface area contributed by atoms with Gasteiger partial charge in [-0.05, 0) is 17.7 Å². The maximum atomic E-state index is 11.0. The van der Waals surface area contributed by atoms with Gasteiger partial charge in [0.25, 0.3) is 0 Å². The van der Waals surface area contributed by atoms with E-state index in [4.69, 9.17) is 4.42 Å². The van der Waals surface area contributed by atoms with Crippen molar-refractivity contribution < 1.29 is 9.52 Å². The first-order valence-electron chi connectivity index (χ1n) is 4.29. The predicted molar refractivity (Wildman–Crippen MR) is 69.0 cm³/mol. The number of fused-ring (bicyclic) bond motifs is 1. The lowest BCUT2D eigenvalue weighted by Crippen LogP contribution is -1.95. The van der Waals surface area contributed by atoms with Gasteiger partial charge in [0.1, 0.15) is 11.3 Å². The summed E-state index contributed by atoms with van der Waals surface area (Å²) >= 11 is -0.0759. The van der Waals surface area contributed by atoms with Crippen molar-refractivity contribution in [2.24, 2.45) is 0 Å². The maximum Gasteiger partial charge on any atom is 0.339 e. The zero-order valence-electron chi connectivity index (χ0n) is 7.87. The lowest BCUT2D eigenvalue weighted by molar-refractivity contribution is 0.468. The van der Waals surface area contributed by atoms with Crippen LogP contribution in [-0.2, 0) is 4.43 Å². The summed E-state index contributed by atoms with van der Waals surface area (Å²) in [6.45, 7) is 0. The molecule has 0 saturated carbocycles. The van der Waals surface area contributed by atoms with Gasteiger partial charge in [-0.15, -0.1) is 20.7 Å². The summed E-state index contributed by atoms with van der Waals surface area (Å²) in [7, 11) is 0. The summed E-state index contributed by atoms with van der Waals surface area (Å²) in [6, 6.07) is 6.56. The quantitative estimate of drug-likeness (QED) is 0.526. The molecule has 0 aliphatic rings. The van der Waals surface area contributed by atoms with Gasteiger partial charge in [0.2, 0.25) is 0 Å². The van der Waals surface area contributed by atoms with Crippen LogP contribution in [0.5, 0.6) is 5.75 Å². The van der Waals surface area contributed by atoms with Gasteiger partial charge >= 0.3 is 5.63 Å². The van der Waals surface area contributed by atoms with E-state index < -0.39 is 5.63 Å². The van der Waals surface area contributed by atoms with Crippen LogP contribution in [-0.4, -0.2) is 9.62 Å². The first kappa shape index (κ1) is 10.4. The predicted octanol–water partition coefficient (Wildman–Crippen LogP) is 2.40. The minimum absolute atomic E-state index is 0.0304. The van der Waals surface area contributed by atoms with E-state index in [2.05, 4.69) is 4.51 Å². The summed E-state index contributed by atoms with van der Waals surface area (Å²) in [5.74, 6) is -0.0304. The molecule has 0 unspecified atom stereocenters. The second kappa shape index (κ2) is 4.14. The van der Waals surface area contributed by atoms with E-state index in [9.17, 15) is 9.90 Å². The van der Waals surface area contributed by atoms with Crippen molar-refractivity contribution in [3.8, 4) is 5.75 Å². The van der Waals surface area contributed by atoms with Gasteiger partial charge in [-0.25, -0.2) is 4.79 Å². The SMILES string of the molecule is C=ICc1ccc2c(O)cc(=O)oc2c1. The number of hydrogen-bond donors (Lipinski definition) is 1. The Kier molecular flexibility index (Phi) is 2.86. The van der Waals surface area contributed by atoms with Crippen molar-refractivity contribution in [3.63, 3.8) is 0 Å². The molecule has 1 heterocycles. The van der Waals surface area contributed by atoms with Crippen molar-refractivity contribution in [1.29, 1.82) is 0 Å². The molecule has 1 aromatic heterocycles. The van der Waals surface area contributed by atoms with Gasteiger partial charge in [0.15, 0.2) is 0 Å². The molecule has 2 rings (SSSR count). The Morgan fingerprint density at radius 3 is 2.93 bits per heavy atom. The Balaban J connectivity index is 2.70. The zero-order valence-corrected chi connectivity index (χ0v) is 10.0. The summed E-state index contributed by atoms with van der Waals surface area (Å²) in [5.41, 5.74) is 1.01. The van der Waals surface area contributed by atoms with E-state index in [1.165, 1.54) is 0 Å². The highest BCUT2D eigenvalue weighted by atomic mass is 127. The fourth-order valence-corrected chi connectivity index (χ4v) is 2.48. The second-order valence-corrected chi connectivity index (χ2v) is 4.95. The lowest BCUT2D eigenvalue weighted by Gasteiger charge is -2.01. The number of aromatic hydroxyl groups is 1. The molecule has 0 amide bonds. The largest absolute Gasteiger partial charge is 0.507 e. The molecule has 0 aliphatic carbocycles. The summed E-state index contributed by atoms with van der Waals surface area (Å²) in [4.78, 5) is 11.0. The molecule has 2 aromatic rings. The van der Waals surface area contributed by atoms with Gasteiger partial charge in [-0.1, -0.05) is 10.6 Å². The molecule has 0 atom stereocenters. The molecule has 1 aromatic carbocycles. The van der Waals surface area contributed by atoms with Crippen LogP contribution in [0.2, 0.25) is 0 Å². The van der Waals surface area contributed by atoms with E-state index in [0.717, 1.165) is 16.1 Å². The molecule has 15 heavy (non-hydrogen) atoms. The molecule has 78 valence electrons. The van der Waals surface area contributed by atoms with Crippen molar-refractivity contribution in [2.45, 2.75) is 4.43 Å². The Morgan fingerprint density at radius 2 is 2.20 bits per heavy atom. The third kappa shape index (κ3) is 2.09. The highest BCUT2D eigenvalue weighted by Gasteiger charge is 2.04. The lowest BCUT2D eigenvalue weighted by atomic mass is 10.1. The molecule has 0 radical (unpaired) electrons. The minimum atomic E-state index is -0.526. The van der Waals surface area contributed by atoms with Crippen LogP contribution in [0.4, 0.5) is 0 Å². The standard InChI is InChI=1S/C11H9IO3/c1-12-6-7-2-3-8-9(13)5-11(14)15-10(8)4-7/h2-5,13H,1,6H2. The first-order chi connectivity index (χ1) is 7.20. The normalized spacial score (nSPS) is 10.7. The number of rotatable bonds is 2. The molecule has 0 bridgehead atoms. The van der Waals surface area contributed by atoms with Crippen molar-refractivity contribution in [3.05, 3.63) is 40.2 Å². The van der Waals surface area contributed by atoms with Crippen LogP contribution in [0.15, 0.2) is 33.5 Å². The maximum absolute atomic E-state index is 11.0. The fourth-order valence-electron chi connectivity index (χ4n) is 1.38. The van der Waals surface area contributed by atoms with Gasteiger partial charge in [-0.2, -0.15) is 0 Å². The molecular weight excluding hydrogens is 307 g/mol. The van der Waals surface area contributed by atoms with E-state index in [0.29, 0.717) is 11.0 Å². The average molecular weight is 316 g/mol. The fraction of sp³-hybridized carbons (Fsp3) is 0.0909. The molecule has 0 spiro atoms. The first-order valence-corrected chi connectivity index (χ1v) is 7.34. The van der Waals surface area contributed by atoms with Gasteiger partial charge < -0.3 is 9.52 Å². The highest BCUT2D eigenvalue weighted by molar-refractivity contribution is 14.2. The Hall–Kier alpha value is -1.17. The Labute approximate surface area is 96.1 Å². The number of alkyl halides is 1. The molecule has 0 saturated heterocycles. The van der Waals surface area contributed by atoms with Gasteiger partial charge in [0.05, 0.1) is 11.5 Å². The van der Waals surface area contributed by atoms with Crippen LogP contribution >= 0.6 is 20.7 Å². The monoisotopic (exact) mass is 316 g/mol. The van der Waals surface area contributed by atoms with E-state index >= 15 is 0 Å². The van der Waals surface area contributed by atoms with Crippen LogP contribution < -0.4 is 5.63 Å². The van der Waals surface area contributed by atoms with E-state index in [-0.39, 0.29) is 26.5 Å². The zero-order chi connectivity index (χ0) is 10.8. The molecule has 1 N–H and O–H groups in total. The Bertz CT molecular complexity index is 572. The third-order valence-corrected chi connectivity index (χ3v) is 3.46. The van der Waals surface area contributed by atoms with Crippen LogP contribution in [0.1, 0.15) is 5.56 Å². The molecular formula is C11H9IO3.